The van der Waals surface area contributed by atoms with Gasteiger partial charge in [0.15, 0.2) is 5.16 Å². The van der Waals surface area contributed by atoms with Gasteiger partial charge in [0, 0.05) is 16.3 Å². The number of hydrogen-bond acceptors (Lipinski definition) is 6. The van der Waals surface area contributed by atoms with Gasteiger partial charge in [-0.1, -0.05) is 38.6 Å². The molecule has 0 radical (unpaired) electrons. The van der Waals surface area contributed by atoms with Crippen LogP contribution in [0.25, 0.3) is 10.2 Å². The molecule has 0 saturated heterocycles. The highest BCUT2D eigenvalue weighted by molar-refractivity contribution is 7.98. The molecule has 2 N–H and O–H groups in total. The lowest BCUT2D eigenvalue weighted by Crippen LogP contribution is -2.26. The standard InChI is InChI=1S/C21H26N4S2/c1-12-6-5-7-14(23-12)11-26-20-24-18(22)17-15-9-8-13(21(2,3)4)10-16(15)27-19(17)25-20/h5-7,13H,8-11H2,1-4H3,(H2,22,24,25). The number of nitrogens with zero attached hydrogens (tertiary/aromatic N) is 3. The molecule has 0 spiro atoms. The van der Waals surface area contributed by atoms with E-state index in [9.17, 15) is 0 Å². The molecular formula is C21H26N4S2. The SMILES string of the molecule is Cc1cccc(CSc2nc(N)c3c4c(sc3n2)CC(C(C)(C)C)CC4)n1. The van der Waals surface area contributed by atoms with Crippen molar-refractivity contribution in [3.05, 3.63) is 40.0 Å². The molecule has 1 atom stereocenters. The first kappa shape index (κ1) is 18.7. The van der Waals surface area contributed by atoms with Crippen molar-refractivity contribution in [2.75, 3.05) is 5.73 Å². The van der Waals surface area contributed by atoms with E-state index in [0.29, 0.717) is 17.2 Å². The van der Waals surface area contributed by atoms with Crippen LogP contribution in [0.2, 0.25) is 0 Å². The van der Waals surface area contributed by atoms with Gasteiger partial charge >= 0.3 is 0 Å². The molecule has 3 aromatic heterocycles. The van der Waals surface area contributed by atoms with Crippen molar-refractivity contribution < 1.29 is 0 Å². The summed E-state index contributed by atoms with van der Waals surface area (Å²) in [5.74, 6) is 2.10. The summed E-state index contributed by atoms with van der Waals surface area (Å²) in [4.78, 5) is 16.5. The van der Waals surface area contributed by atoms with Gasteiger partial charge in [-0.3, -0.25) is 4.98 Å². The first-order valence-electron chi connectivity index (χ1n) is 9.44. The number of rotatable bonds is 3. The summed E-state index contributed by atoms with van der Waals surface area (Å²) in [6, 6.07) is 6.09. The van der Waals surface area contributed by atoms with E-state index in [-0.39, 0.29) is 0 Å². The van der Waals surface area contributed by atoms with Crippen molar-refractivity contribution in [1.82, 2.24) is 15.0 Å². The van der Waals surface area contributed by atoms with Crippen LogP contribution in [0.5, 0.6) is 0 Å². The first-order chi connectivity index (χ1) is 12.8. The van der Waals surface area contributed by atoms with E-state index in [0.717, 1.165) is 45.4 Å². The van der Waals surface area contributed by atoms with Gasteiger partial charge < -0.3 is 5.73 Å². The monoisotopic (exact) mass is 398 g/mol. The second-order valence-corrected chi connectivity index (χ2v) is 10.5. The topological polar surface area (TPSA) is 64.7 Å². The van der Waals surface area contributed by atoms with Crippen LogP contribution in [0.1, 0.15) is 49.0 Å². The van der Waals surface area contributed by atoms with Gasteiger partial charge in [0.05, 0.1) is 11.1 Å². The normalized spacial score (nSPS) is 17.3. The molecule has 0 saturated carbocycles. The fourth-order valence-electron chi connectivity index (χ4n) is 3.81. The second kappa shape index (κ2) is 7.06. The molecule has 0 aliphatic heterocycles. The number of hydrogen-bond donors (Lipinski definition) is 1. The van der Waals surface area contributed by atoms with Gasteiger partial charge in [-0.05, 0) is 55.2 Å². The molecule has 0 aromatic carbocycles. The van der Waals surface area contributed by atoms with Crippen LogP contribution in [0.3, 0.4) is 0 Å². The van der Waals surface area contributed by atoms with Crippen molar-refractivity contribution >= 4 is 39.1 Å². The Bertz CT molecular complexity index is 988. The molecule has 0 fully saturated rings. The predicted octanol–water partition coefficient (Wildman–Crippen LogP) is 5.42. The Morgan fingerprint density at radius 2 is 2.04 bits per heavy atom. The number of fused-ring (bicyclic) bond motifs is 3. The minimum Gasteiger partial charge on any atom is -0.383 e. The maximum atomic E-state index is 6.37. The lowest BCUT2D eigenvalue weighted by molar-refractivity contribution is 0.218. The molecule has 4 rings (SSSR count). The summed E-state index contributed by atoms with van der Waals surface area (Å²) in [7, 11) is 0. The molecule has 0 bridgehead atoms. The van der Waals surface area contributed by atoms with Crippen LogP contribution < -0.4 is 5.73 Å². The number of thiophene rings is 1. The van der Waals surface area contributed by atoms with Gasteiger partial charge in [-0.25, -0.2) is 9.97 Å². The van der Waals surface area contributed by atoms with Crippen LogP contribution in [0.4, 0.5) is 5.82 Å². The highest BCUT2D eigenvalue weighted by Crippen LogP contribution is 2.44. The number of thioether (sulfide) groups is 1. The van der Waals surface area contributed by atoms with Crippen LogP contribution >= 0.6 is 23.1 Å². The van der Waals surface area contributed by atoms with Crippen LogP contribution in [-0.4, -0.2) is 15.0 Å². The van der Waals surface area contributed by atoms with E-state index in [1.165, 1.54) is 16.9 Å². The van der Waals surface area contributed by atoms with E-state index in [1.807, 2.05) is 36.5 Å². The first-order valence-corrected chi connectivity index (χ1v) is 11.2. The van der Waals surface area contributed by atoms with Crippen molar-refractivity contribution in [1.29, 1.82) is 0 Å². The molecule has 27 heavy (non-hydrogen) atoms. The van der Waals surface area contributed by atoms with Gasteiger partial charge in [0.25, 0.3) is 0 Å². The lowest BCUT2D eigenvalue weighted by atomic mass is 9.72. The number of aryl methyl sites for hydroxylation is 2. The average molecular weight is 399 g/mol. The summed E-state index contributed by atoms with van der Waals surface area (Å²) in [5, 5.41) is 1.84. The molecular weight excluding hydrogens is 372 g/mol. The third kappa shape index (κ3) is 3.83. The number of nitrogen functional groups attached to an aromatic ring is 1. The number of aromatic nitrogens is 3. The quantitative estimate of drug-likeness (QED) is 0.471. The van der Waals surface area contributed by atoms with Crippen molar-refractivity contribution in [3.8, 4) is 0 Å². The van der Waals surface area contributed by atoms with Gasteiger partial charge in [0.1, 0.15) is 10.6 Å². The molecule has 4 nitrogen and oxygen atoms in total. The fourth-order valence-corrected chi connectivity index (χ4v) is 5.93. The minimum atomic E-state index is 0.340. The van der Waals surface area contributed by atoms with Crippen molar-refractivity contribution in [2.24, 2.45) is 11.3 Å². The number of nitrogens with two attached hydrogens (primary N) is 1. The Morgan fingerprint density at radius 1 is 1.22 bits per heavy atom. The highest BCUT2D eigenvalue weighted by Gasteiger charge is 2.31. The summed E-state index contributed by atoms with van der Waals surface area (Å²) in [5.41, 5.74) is 10.2. The Labute approximate surface area is 169 Å². The van der Waals surface area contributed by atoms with E-state index in [4.69, 9.17) is 10.7 Å². The van der Waals surface area contributed by atoms with E-state index < -0.39 is 0 Å². The zero-order valence-electron chi connectivity index (χ0n) is 16.4. The minimum absolute atomic E-state index is 0.340. The van der Waals surface area contributed by atoms with Crippen molar-refractivity contribution in [2.45, 2.75) is 57.9 Å². The lowest BCUT2D eigenvalue weighted by Gasteiger charge is -2.33. The number of pyridine rings is 1. The molecule has 1 unspecified atom stereocenters. The second-order valence-electron chi connectivity index (χ2n) is 8.44. The highest BCUT2D eigenvalue weighted by atomic mass is 32.2. The summed E-state index contributed by atoms with van der Waals surface area (Å²) in [6.45, 7) is 9.05. The molecule has 1 aliphatic rings. The van der Waals surface area contributed by atoms with Crippen LogP contribution in [-0.2, 0) is 18.6 Å². The molecule has 142 valence electrons. The summed E-state index contributed by atoms with van der Waals surface area (Å²) < 4.78 is 0. The van der Waals surface area contributed by atoms with Gasteiger partial charge in [-0.15, -0.1) is 11.3 Å². The Kier molecular flexibility index (Phi) is 4.89. The van der Waals surface area contributed by atoms with Crippen LogP contribution in [0.15, 0.2) is 23.4 Å². The van der Waals surface area contributed by atoms with E-state index in [2.05, 4.69) is 30.7 Å². The van der Waals surface area contributed by atoms with Crippen LogP contribution in [0, 0.1) is 18.3 Å². The average Bonchev–Trinajstić information content (AvgIpc) is 2.97. The van der Waals surface area contributed by atoms with E-state index >= 15 is 0 Å². The molecule has 1 aliphatic carbocycles. The molecule has 3 aromatic rings. The summed E-state index contributed by atoms with van der Waals surface area (Å²) in [6.07, 6.45) is 3.44. The molecule has 6 heteroatoms. The smallest absolute Gasteiger partial charge is 0.191 e. The van der Waals surface area contributed by atoms with Crippen molar-refractivity contribution in [3.63, 3.8) is 0 Å². The maximum Gasteiger partial charge on any atom is 0.191 e. The number of anilines is 1. The third-order valence-electron chi connectivity index (χ3n) is 5.44. The van der Waals surface area contributed by atoms with E-state index in [1.54, 1.807) is 11.8 Å². The Balaban J connectivity index is 1.61. The third-order valence-corrected chi connectivity index (χ3v) is 7.47. The summed E-state index contributed by atoms with van der Waals surface area (Å²) >= 11 is 3.42. The van der Waals surface area contributed by atoms with Gasteiger partial charge in [-0.2, -0.15) is 0 Å². The Morgan fingerprint density at radius 3 is 2.78 bits per heavy atom. The zero-order valence-corrected chi connectivity index (χ0v) is 18.0. The van der Waals surface area contributed by atoms with Gasteiger partial charge in [0.2, 0.25) is 0 Å². The fraction of sp³-hybridized carbons (Fsp3) is 0.476. The zero-order chi connectivity index (χ0) is 19.2. The largest absolute Gasteiger partial charge is 0.383 e. The molecule has 3 heterocycles. The maximum absolute atomic E-state index is 6.37. The Hall–Kier alpha value is -1.66. The predicted molar refractivity (Wildman–Crippen MR) is 115 cm³/mol. The molecule has 0 amide bonds.